The molecular weight excluding hydrogens is 463 g/mol. The quantitative estimate of drug-likeness (QED) is 0.516. The molecule has 2 aromatic rings. The lowest BCUT2D eigenvalue weighted by molar-refractivity contribution is -0.141. The average Bonchev–Trinajstić information content (AvgIpc) is 3.12. The van der Waals surface area contributed by atoms with Gasteiger partial charge in [-0.3, -0.25) is 14.7 Å². The van der Waals surface area contributed by atoms with Crippen LogP contribution in [0.5, 0.6) is 0 Å². The van der Waals surface area contributed by atoms with Crippen molar-refractivity contribution in [1.82, 2.24) is 20.2 Å². The maximum Gasteiger partial charge on any atom is 0.433 e. The van der Waals surface area contributed by atoms with Gasteiger partial charge >= 0.3 is 12.3 Å². The molecule has 2 aromatic heterocycles. The number of amides is 2. The van der Waals surface area contributed by atoms with Gasteiger partial charge in [-0.15, -0.1) is 0 Å². The van der Waals surface area contributed by atoms with E-state index < -0.39 is 47.6 Å². The standard InChI is InChI=1S/C22H23F5N4O3/c1-21(2,3)34-20(33)31-11-14(23)8-16(31)19(32)29-9-12-6-15(30-18(24)7-12)13-4-5-17(28-10-13)22(25,26)27/h4-7,10,14,16H,8-9,11H2,1-3H3,(H,29,32)/t14-,16+/m1/s1. The molecule has 1 N–H and O–H groups in total. The van der Waals surface area contributed by atoms with Crippen molar-refractivity contribution < 1.29 is 36.3 Å². The smallest absolute Gasteiger partial charge is 0.433 e. The molecule has 0 unspecified atom stereocenters. The number of halogens is 5. The van der Waals surface area contributed by atoms with Gasteiger partial charge in [-0.1, -0.05) is 0 Å². The molecule has 3 heterocycles. The Morgan fingerprint density at radius 2 is 1.91 bits per heavy atom. The van der Waals surface area contributed by atoms with Gasteiger partial charge in [-0.2, -0.15) is 17.6 Å². The number of nitrogens with zero attached hydrogens (tertiary/aromatic N) is 3. The lowest BCUT2D eigenvalue weighted by Gasteiger charge is -2.27. The zero-order valence-electron chi connectivity index (χ0n) is 18.6. The van der Waals surface area contributed by atoms with Crippen molar-refractivity contribution in [2.45, 2.75) is 57.7 Å². The third-order valence-electron chi connectivity index (χ3n) is 4.85. The lowest BCUT2D eigenvalue weighted by Crippen LogP contribution is -2.47. The molecule has 7 nitrogen and oxygen atoms in total. The van der Waals surface area contributed by atoms with Crippen LogP contribution in [-0.2, 0) is 22.3 Å². The maximum absolute atomic E-state index is 14.0. The van der Waals surface area contributed by atoms with E-state index >= 15 is 0 Å². The summed E-state index contributed by atoms with van der Waals surface area (Å²) >= 11 is 0. The first-order valence-electron chi connectivity index (χ1n) is 10.3. The van der Waals surface area contributed by atoms with E-state index in [0.717, 1.165) is 29.3 Å². The number of nitrogens with one attached hydrogen (secondary N) is 1. The Morgan fingerprint density at radius 3 is 2.50 bits per heavy atom. The van der Waals surface area contributed by atoms with Gasteiger partial charge in [-0.25, -0.2) is 14.2 Å². The monoisotopic (exact) mass is 486 g/mol. The summed E-state index contributed by atoms with van der Waals surface area (Å²) in [5.74, 6) is -1.57. The van der Waals surface area contributed by atoms with Gasteiger partial charge in [0.2, 0.25) is 11.9 Å². The van der Waals surface area contributed by atoms with Gasteiger partial charge in [-0.05, 0) is 50.6 Å². The lowest BCUT2D eigenvalue weighted by atomic mass is 10.1. The Labute approximate surface area is 192 Å². The van der Waals surface area contributed by atoms with Crippen molar-refractivity contribution in [3.8, 4) is 11.3 Å². The van der Waals surface area contributed by atoms with Crippen molar-refractivity contribution in [1.29, 1.82) is 0 Å². The predicted molar refractivity (Wildman–Crippen MR) is 111 cm³/mol. The summed E-state index contributed by atoms with van der Waals surface area (Å²) in [4.78, 5) is 33.0. The van der Waals surface area contributed by atoms with Crippen LogP contribution in [0.1, 0.15) is 38.4 Å². The molecule has 0 radical (unpaired) electrons. The number of ether oxygens (including phenoxy) is 1. The van der Waals surface area contributed by atoms with E-state index in [1.165, 1.54) is 6.07 Å². The Kier molecular flexibility index (Phi) is 7.08. The van der Waals surface area contributed by atoms with E-state index in [1.54, 1.807) is 20.8 Å². The molecule has 0 aliphatic carbocycles. The summed E-state index contributed by atoms with van der Waals surface area (Å²) in [6.45, 7) is 4.46. The molecule has 12 heteroatoms. The van der Waals surface area contributed by atoms with Gasteiger partial charge in [0.05, 0.1) is 12.2 Å². The van der Waals surface area contributed by atoms with Crippen LogP contribution in [0.15, 0.2) is 30.5 Å². The van der Waals surface area contributed by atoms with Crippen LogP contribution >= 0.6 is 0 Å². The number of aromatic nitrogens is 2. The molecule has 34 heavy (non-hydrogen) atoms. The van der Waals surface area contributed by atoms with E-state index in [0.29, 0.717) is 0 Å². The molecule has 0 saturated carbocycles. The zero-order valence-corrected chi connectivity index (χ0v) is 18.6. The van der Waals surface area contributed by atoms with Gasteiger partial charge < -0.3 is 10.1 Å². The summed E-state index contributed by atoms with van der Waals surface area (Å²) in [6.07, 6.45) is -6.13. The summed E-state index contributed by atoms with van der Waals surface area (Å²) in [5, 5.41) is 2.53. The van der Waals surface area contributed by atoms with Crippen LogP contribution in [0.4, 0.5) is 26.7 Å². The van der Waals surface area contributed by atoms with Gasteiger partial charge in [0.1, 0.15) is 23.5 Å². The number of carbonyl (C=O) groups is 2. The molecule has 2 atom stereocenters. The summed E-state index contributed by atoms with van der Waals surface area (Å²) in [7, 11) is 0. The molecule has 2 amide bonds. The number of carbonyl (C=O) groups excluding carboxylic acids is 2. The topological polar surface area (TPSA) is 84.4 Å². The summed E-state index contributed by atoms with van der Waals surface area (Å²) in [6, 6.07) is 3.18. The fourth-order valence-corrected chi connectivity index (χ4v) is 3.38. The number of likely N-dealkylation sites (tertiary alicyclic amines) is 1. The highest BCUT2D eigenvalue weighted by molar-refractivity contribution is 5.86. The Balaban J connectivity index is 1.71. The molecule has 0 spiro atoms. The number of alkyl halides is 4. The summed E-state index contributed by atoms with van der Waals surface area (Å²) < 4.78 is 71.4. The minimum Gasteiger partial charge on any atom is -0.444 e. The van der Waals surface area contributed by atoms with Gasteiger partial charge in [0.25, 0.3) is 0 Å². The molecule has 1 aliphatic rings. The van der Waals surface area contributed by atoms with Crippen molar-refractivity contribution in [2.75, 3.05) is 6.54 Å². The van der Waals surface area contributed by atoms with Crippen LogP contribution in [0.2, 0.25) is 0 Å². The maximum atomic E-state index is 14.0. The van der Waals surface area contributed by atoms with Crippen molar-refractivity contribution >= 4 is 12.0 Å². The normalized spacial score (nSPS) is 18.6. The molecule has 1 fully saturated rings. The van der Waals surface area contributed by atoms with Crippen molar-refractivity contribution in [2.24, 2.45) is 0 Å². The van der Waals surface area contributed by atoms with Crippen molar-refractivity contribution in [3.05, 3.63) is 47.7 Å². The predicted octanol–water partition coefficient (Wildman–Crippen LogP) is 4.27. The largest absolute Gasteiger partial charge is 0.444 e. The molecule has 0 aromatic carbocycles. The molecule has 1 saturated heterocycles. The number of hydrogen-bond donors (Lipinski definition) is 1. The molecular formula is C22H23F5N4O3. The van der Waals surface area contributed by atoms with Gasteiger partial charge in [0, 0.05) is 24.7 Å². The second-order valence-corrected chi connectivity index (χ2v) is 8.81. The van der Waals surface area contributed by atoms with E-state index in [1.807, 2.05) is 0 Å². The highest BCUT2D eigenvalue weighted by Crippen LogP contribution is 2.29. The highest BCUT2D eigenvalue weighted by Gasteiger charge is 2.41. The average molecular weight is 486 g/mol. The third-order valence-corrected chi connectivity index (χ3v) is 4.85. The first-order chi connectivity index (χ1) is 15.7. The number of rotatable bonds is 4. The Morgan fingerprint density at radius 1 is 1.21 bits per heavy atom. The second kappa shape index (κ2) is 9.51. The third kappa shape index (κ3) is 6.39. The molecule has 3 rings (SSSR count). The SMILES string of the molecule is CC(C)(C)OC(=O)N1C[C@H](F)C[C@H]1C(=O)NCc1cc(F)nc(-c2ccc(C(F)(F)F)nc2)c1. The zero-order chi connectivity index (χ0) is 25.3. The van der Waals surface area contributed by atoms with E-state index in [-0.39, 0.29) is 36.3 Å². The molecule has 184 valence electrons. The van der Waals surface area contributed by atoms with Crippen LogP contribution in [0.3, 0.4) is 0 Å². The van der Waals surface area contributed by atoms with E-state index in [4.69, 9.17) is 4.74 Å². The summed E-state index contributed by atoms with van der Waals surface area (Å²) in [5.41, 5.74) is -1.51. The number of hydrogen-bond acceptors (Lipinski definition) is 5. The van der Waals surface area contributed by atoms with E-state index in [2.05, 4.69) is 15.3 Å². The van der Waals surface area contributed by atoms with Crippen LogP contribution in [0, 0.1) is 5.95 Å². The second-order valence-electron chi connectivity index (χ2n) is 8.81. The Hall–Kier alpha value is -3.31. The highest BCUT2D eigenvalue weighted by atomic mass is 19.4. The first-order valence-corrected chi connectivity index (χ1v) is 10.3. The molecule has 0 bridgehead atoms. The number of pyridine rings is 2. The first kappa shape index (κ1) is 25.3. The van der Waals surface area contributed by atoms with Crippen LogP contribution < -0.4 is 5.32 Å². The Bertz CT molecular complexity index is 1050. The van der Waals surface area contributed by atoms with Crippen LogP contribution in [-0.4, -0.2) is 51.2 Å². The molecule has 1 aliphatic heterocycles. The van der Waals surface area contributed by atoms with Crippen molar-refractivity contribution in [3.63, 3.8) is 0 Å². The fraction of sp³-hybridized carbons (Fsp3) is 0.455. The minimum atomic E-state index is -4.62. The fourth-order valence-electron chi connectivity index (χ4n) is 3.38. The van der Waals surface area contributed by atoms with Gasteiger partial charge in [0.15, 0.2) is 0 Å². The van der Waals surface area contributed by atoms with E-state index in [9.17, 15) is 31.5 Å². The van der Waals surface area contributed by atoms with Crippen LogP contribution in [0.25, 0.3) is 11.3 Å². The minimum absolute atomic E-state index is 0.0190.